The van der Waals surface area contributed by atoms with Gasteiger partial charge in [-0.05, 0) is 31.2 Å². The van der Waals surface area contributed by atoms with Gasteiger partial charge < -0.3 is 4.57 Å². The van der Waals surface area contributed by atoms with E-state index in [1.165, 1.54) is 33.3 Å². The molecule has 1 N–H and O–H groups in total. The van der Waals surface area contributed by atoms with Gasteiger partial charge >= 0.3 is 0 Å². The number of fused-ring (bicyclic) bond motifs is 1. The molecule has 1 aliphatic carbocycles. The van der Waals surface area contributed by atoms with Crippen LogP contribution in [0, 0.1) is 0 Å². The topological polar surface area (TPSA) is 81.1 Å². The molecule has 1 amide bonds. The van der Waals surface area contributed by atoms with Crippen molar-refractivity contribution >= 4 is 27.3 Å². The summed E-state index contributed by atoms with van der Waals surface area (Å²) in [4.78, 5) is 17.2. The summed E-state index contributed by atoms with van der Waals surface area (Å²) >= 11 is 1.53. The number of carbonyl (C=O) groups excluding carboxylic acids is 1. The van der Waals surface area contributed by atoms with Crippen molar-refractivity contribution in [1.82, 2.24) is 14.3 Å². The quantitative estimate of drug-likeness (QED) is 0.927. The summed E-state index contributed by atoms with van der Waals surface area (Å²) in [6, 6.07) is 0. The smallest absolute Gasteiger partial charge is 0.283 e. The Hall–Kier alpha value is -1.67. The largest absolute Gasteiger partial charge is 0.339 e. The number of nitrogens with one attached hydrogen (secondary N) is 1. The fourth-order valence-electron chi connectivity index (χ4n) is 2.44. The first-order valence-electron chi connectivity index (χ1n) is 6.62. The van der Waals surface area contributed by atoms with Crippen molar-refractivity contribution in [1.29, 1.82) is 0 Å². The lowest BCUT2D eigenvalue weighted by atomic mass is 9.96. The van der Waals surface area contributed by atoms with Crippen molar-refractivity contribution < 1.29 is 13.2 Å². The number of amides is 1. The van der Waals surface area contributed by atoms with Crippen LogP contribution in [0.1, 0.15) is 33.6 Å². The van der Waals surface area contributed by atoms with Gasteiger partial charge in [0.15, 0.2) is 5.03 Å². The highest BCUT2D eigenvalue weighted by Crippen LogP contribution is 2.30. The van der Waals surface area contributed by atoms with E-state index < -0.39 is 15.9 Å². The molecule has 0 bridgehead atoms. The molecule has 0 spiro atoms. The van der Waals surface area contributed by atoms with E-state index in [4.69, 9.17) is 0 Å². The van der Waals surface area contributed by atoms with Gasteiger partial charge in [0.05, 0.1) is 11.9 Å². The van der Waals surface area contributed by atoms with Crippen molar-refractivity contribution in [3.8, 4) is 0 Å². The Morgan fingerprint density at radius 3 is 2.86 bits per heavy atom. The number of imidazole rings is 1. The molecule has 2 aromatic heterocycles. The SMILES string of the molecule is Cn1cnc(S(=O)(=O)NC(=O)c2csc3c2CCCC3)c1. The molecular formula is C13H15N3O3S2. The average Bonchev–Trinajstić information content (AvgIpc) is 3.04. The van der Waals surface area contributed by atoms with Gasteiger partial charge in [-0.3, -0.25) is 4.79 Å². The third kappa shape index (κ3) is 2.73. The van der Waals surface area contributed by atoms with E-state index in [-0.39, 0.29) is 5.03 Å². The van der Waals surface area contributed by atoms with Crippen LogP contribution in [0.3, 0.4) is 0 Å². The number of sulfonamides is 1. The van der Waals surface area contributed by atoms with Crippen LogP contribution in [0.5, 0.6) is 0 Å². The highest BCUT2D eigenvalue weighted by atomic mass is 32.2. The maximum Gasteiger partial charge on any atom is 0.283 e. The number of aryl methyl sites for hydroxylation is 2. The van der Waals surface area contributed by atoms with Crippen LogP contribution in [-0.4, -0.2) is 23.9 Å². The summed E-state index contributed by atoms with van der Waals surface area (Å²) in [7, 11) is -2.25. The maximum atomic E-state index is 12.3. The first-order chi connectivity index (χ1) is 9.97. The molecule has 0 aliphatic heterocycles. The van der Waals surface area contributed by atoms with Crippen molar-refractivity contribution in [3.63, 3.8) is 0 Å². The summed E-state index contributed by atoms with van der Waals surface area (Å²) in [5.41, 5.74) is 1.48. The molecule has 21 heavy (non-hydrogen) atoms. The molecular weight excluding hydrogens is 310 g/mol. The second-order valence-electron chi connectivity index (χ2n) is 5.07. The molecule has 0 atom stereocenters. The molecule has 6 nitrogen and oxygen atoms in total. The van der Waals surface area contributed by atoms with Crippen molar-refractivity contribution in [3.05, 3.63) is 33.9 Å². The van der Waals surface area contributed by atoms with E-state index in [9.17, 15) is 13.2 Å². The lowest BCUT2D eigenvalue weighted by Gasteiger charge is -2.12. The van der Waals surface area contributed by atoms with Crippen LogP contribution >= 0.6 is 11.3 Å². The van der Waals surface area contributed by atoms with Crippen molar-refractivity contribution in [2.24, 2.45) is 7.05 Å². The van der Waals surface area contributed by atoms with Crippen LogP contribution in [0.15, 0.2) is 22.9 Å². The molecule has 1 aliphatic rings. The van der Waals surface area contributed by atoms with Gasteiger partial charge in [0.2, 0.25) is 0 Å². The summed E-state index contributed by atoms with van der Waals surface area (Å²) in [6.07, 6.45) is 6.72. The van der Waals surface area contributed by atoms with Crippen LogP contribution < -0.4 is 4.72 Å². The van der Waals surface area contributed by atoms with E-state index >= 15 is 0 Å². The monoisotopic (exact) mass is 325 g/mol. The first-order valence-corrected chi connectivity index (χ1v) is 8.98. The predicted molar refractivity (Wildman–Crippen MR) is 78.8 cm³/mol. The van der Waals surface area contributed by atoms with Gasteiger partial charge in [-0.25, -0.2) is 9.71 Å². The summed E-state index contributed by atoms with van der Waals surface area (Å²) in [6.45, 7) is 0. The zero-order chi connectivity index (χ0) is 15.0. The molecule has 0 fully saturated rings. The average molecular weight is 325 g/mol. The Kier molecular flexibility index (Phi) is 3.58. The molecule has 2 heterocycles. The van der Waals surface area contributed by atoms with Gasteiger partial charge in [0.25, 0.3) is 15.9 Å². The number of thiophene rings is 1. The van der Waals surface area contributed by atoms with Gasteiger partial charge in [0, 0.05) is 23.5 Å². The Labute approximate surface area is 126 Å². The number of carbonyl (C=O) groups is 1. The lowest BCUT2D eigenvalue weighted by Crippen LogP contribution is -2.31. The molecule has 8 heteroatoms. The van der Waals surface area contributed by atoms with Gasteiger partial charge in [-0.1, -0.05) is 0 Å². The van der Waals surface area contributed by atoms with E-state index in [2.05, 4.69) is 9.71 Å². The number of aromatic nitrogens is 2. The third-order valence-electron chi connectivity index (χ3n) is 3.49. The summed E-state index contributed by atoms with van der Waals surface area (Å²) in [5, 5.41) is 1.60. The number of hydrogen-bond acceptors (Lipinski definition) is 5. The van der Waals surface area contributed by atoms with Crippen LogP contribution in [0.25, 0.3) is 0 Å². The van der Waals surface area contributed by atoms with Gasteiger partial charge in [-0.2, -0.15) is 8.42 Å². The number of hydrogen-bond donors (Lipinski definition) is 1. The van der Waals surface area contributed by atoms with Gasteiger partial charge in [-0.15, -0.1) is 11.3 Å². The van der Waals surface area contributed by atoms with Crippen molar-refractivity contribution in [2.45, 2.75) is 30.7 Å². The van der Waals surface area contributed by atoms with E-state index in [1.54, 1.807) is 12.4 Å². The molecule has 112 valence electrons. The molecule has 3 rings (SSSR count). The molecule has 0 saturated heterocycles. The van der Waals surface area contributed by atoms with E-state index in [0.717, 1.165) is 31.2 Å². The standard InChI is InChI=1S/C13H15N3O3S2/c1-16-6-12(14-8-16)21(18,19)15-13(17)10-7-20-11-5-3-2-4-9(10)11/h6-8H,2-5H2,1H3,(H,15,17). The fraction of sp³-hybridized carbons (Fsp3) is 0.385. The van der Waals surface area contributed by atoms with Crippen LogP contribution in [-0.2, 0) is 29.9 Å². The Bertz CT molecular complexity index is 789. The maximum absolute atomic E-state index is 12.3. The Morgan fingerprint density at radius 2 is 2.14 bits per heavy atom. The Balaban J connectivity index is 1.85. The molecule has 0 radical (unpaired) electrons. The second kappa shape index (κ2) is 5.27. The molecule has 0 saturated carbocycles. The highest BCUT2D eigenvalue weighted by molar-refractivity contribution is 7.90. The van der Waals surface area contributed by atoms with Crippen molar-refractivity contribution in [2.75, 3.05) is 0 Å². The predicted octanol–water partition coefficient (Wildman–Crippen LogP) is 1.48. The summed E-state index contributed by atoms with van der Waals surface area (Å²) < 4.78 is 27.9. The molecule has 0 aromatic carbocycles. The van der Waals surface area contributed by atoms with E-state index in [0.29, 0.717) is 5.56 Å². The molecule has 0 unspecified atom stereocenters. The minimum absolute atomic E-state index is 0.151. The first kappa shape index (κ1) is 14.3. The second-order valence-corrected chi connectivity index (χ2v) is 7.66. The minimum atomic E-state index is -3.92. The number of nitrogens with zero attached hydrogens (tertiary/aromatic N) is 2. The minimum Gasteiger partial charge on any atom is -0.339 e. The molecule has 2 aromatic rings. The zero-order valence-electron chi connectivity index (χ0n) is 11.5. The van der Waals surface area contributed by atoms with Gasteiger partial charge in [0.1, 0.15) is 0 Å². The van der Waals surface area contributed by atoms with E-state index in [1.807, 2.05) is 0 Å². The summed E-state index contributed by atoms with van der Waals surface area (Å²) in [5.74, 6) is -0.569. The third-order valence-corrected chi connectivity index (χ3v) is 5.79. The fourth-order valence-corrected chi connectivity index (χ4v) is 4.52. The lowest BCUT2D eigenvalue weighted by molar-refractivity contribution is 0.0980. The number of rotatable bonds is 3. The highest BCUT2D eigenvalue weighted by Gasteiger charge is 2.25. The van der Waals surface area contributed by atoms with Crippen LogP contribution in [0.4, 0.5) is 0 Å². The Morgan fingerprint density at radius 1 is 1.38 bits per heavy atom. The normalized spacial score (nSPS) is 14.7. The zero-order valence-corrected chi connectivity index (χ0v) is 13.1. The van der Waals surface area contributed by atoms with Crippen LogP contribution in [0.2, 0.25) is 0 Å².